The summed E-state index contributed by atoms with van der Waals surface area (Å²) in [6, 6.07) is 0. The van der Waals surface area contributed by atoms with Crippen molar-refractivity contribution in [2.24, 2.45) is 5.92 Å². The third-order valence-corrected chi connectivity index (χ3v) is 3.70. The number of carbonyl (C=O) groups is 1. The standard InChI is InChI=1S/C13H19ClN4O/c1-18-6-3-10(4-7-18)2-5-16-13(19)11-8-15-9-12(14)17-11/h8-10H,2-7H2,1H3,(H,16,19). The molecule has 19 heavy (non-hydrogen) atoms. The molecule has 0 radical (unpaired) electrons. The fourth-order valence-electron chi connectivity index (χ4n) is 2.28. The van der Waals surface area contributed by atoms with E-state index in [1.54, 1.807) is 0 Å². The second kappa shape index (κ2) is 6.82. The second-order valence-corrected chi connectivity index (χ2v) is 5.41. The van der Waals surface area contributed by atoms with Crippen LogP contribution in [-0.2, 0) is 0 Å². The van der Waals surface area contributed by atoms with E-state index in [2.05, 4.69) is 27.2 Å². The van der Waals surface area contributed by atoms with Gasteiger partial charge in [-0.15, -0.1) is 0 Å². The quantitative estimate of drug-likeness (QED) is 0.911. The predicted octanol–water partition coefficient (Wildman–Crippen LogP) is 1.59. The molecule has 1 aromatic heterocycles. The van der Waals surface area contributed by atoms with E-state index in [4.69, 9.17) is 11.6 Å². The number of hydrogen-bond donors (Lipinski definition) is 1. The summed E-state index contributed by atoms with van der Waals surface area (Å²) in [6.07, 6.45) is 6.29. The fraction of sp³-hybridized carbons (Fsp3) is 0.615. The van der Waals surface area contributed by atoms with Crippen molar-refractivity contribution in [3.05, 3.63) is 23.2 Å². The Labute approximate surface area is 118 Å². The monoisotopic (exact) mass is 282 g/mol. The molecular formula is C13H19ClN4O. The first-order chi connectivity index (χ1) is 9.15. The first-order valence-corrected chi connectivity index (χ1v) is 6.97. The smallest absolute Gasteiger partial charge is 0.271 e. The maximum atomic E-state index is 11.8. The topological polar surface area (TPSA) is 58.1 Å². The molecule has 1 N–H and O–H groups in total. The maximum Gasteiger partial charge on any atom is 0.271 e. The summed E-state index contributed by atoms with van der Waals surface area (Å²) in [5.74, 6) is 0.505. The number of piperidine rings is 1. The van der Waals surface area contributed by atoms with Crippen LogP contribution in [0.15, 0.2) is 12.4 Å². The summed E-state index contributed by atoms with van der Waals surface area (Å²) in [7, 11) is 2.15. The SMILES string of the molecule is CN1CCC(CCNC(=O)c2cncc(Cl)n2)CC1. The molecule has 1 aliphatic heterocycles. The van der Waals surface area contributed by atoms with E-state index in [1.165, 1.54) is 25.2 Å². The van der Waals surface area contributed by atoms with Crippen LogP contribution in [-0.4, -0.2) is 47.5 Å². The van der Waals surface area contributed by atoms with E-state index in [0.717, 1.165) is 19.5 Å². The van der Waals surface area contributed by atoms with E-state index < -0.39 is 0 Å². The first kappa shape index (κ1) is 14.2. The van der Waals surface area contributed by atoms with E-state index in [0.29, 0.717) is 12.5 Å². The van der Waals surface area contributed by atoms with Gasteiger partial charge in [0.05, 0.1) is 12.4 Å². The molecule has 0 unspecified atom stereocenters. The van der Waals surface area contributed by atoms with Gasteiger partial charge in [0.1, 0.15) is 10.8 Å². The van der Waals surface area contributed by atoms with Crippen LogP contribution >= 0.6 is 11.6 Å². The molecule has 0 aliphatic carbocycles. The molecule has 5 nitrogen and oxygen atoms in total. The minimum Gasteiger partial charge on any atom is -0.351 e. The molecule has 1 aliphatic rings. The van der Waals surface area contributed by atoms with Crippen molar-refractivity contribution in [1.29, 1.82) is 0 Å². The van der Waals surface area contributed by atoms with Gasteiger partial charge in [0.15, 0.2) is 0 Å². The average molecular weight is 283 g/mol. The zero-order chi connectivity index (χ0) is 13.7. The van der Waals surface area contributed by atoms with Crippen LogP contribution in [0.1, 0.15) is 29.8 Å². The maximum absolute atomic E-state index is 11.8. The van der Waals surface area contributed by atoms with Gasteiger partial charge in [0.25, 0.3) is 5.91 Å². The minimum absolute atomic E-state index is 0.206. The summed E-state index contributed by atoms with van der Waals surface area (Å²) >= 11 is 5.70. The molecule has 1 saturated heterocycles. The summed E-state index contributed by atoms with van der Waals surface area (Å²) in [5.41, 5.74) is 0.274. The zero-order valence-corrected chi connectivity index (χ0v) is 11.9. The average Bonchev–Trinajstić information content (AvgIpc) is 2.41. The number of aromatic nitrogens is 2. The van der Waals surface area contributed by atoms with E-state index in [1.807, 2.05) is 0 Å². The third kappa shape index (κ3) is 4.44. The third-order valence-electron chi connectivity index (χ3n) is 3.51. The Morgan fingerprint density at radius 1 is 1.47 bits per heavy atom. The fourth-order valence-corrected chi connectivity index (χ4v) is 2.43. The molecule has 2 heterocycles. The summed E-state index contributed by atoms with van der Waals surface area (Å²) in [5, 5.41) is 3.11. The normalized spacial score (nSPS) is 17.4. The van der Waals surface area contributed by atoms with Crippen LogP contribution in [0.5, 0.6) is 0 Å². The molecule has 1 amide bonds. The highest BCUT2D eigenvalue weighted by Gasteiger charge is 2.16. The van der Waals surface area contributed by atoms with E-state index >= 15 is 0 Å². The van der Waals surface area contributed by atoms with Gasteiger partial charge in [0.2, 0.25) is 0 Å². The largest absolute Gasteiger partial charge is 0.351 e. The molecule has 0 aromatic carbocycles. The van der Waals surface area contributed by atoms with Crippen LogP contribution < -0.4 is 5.32 Å². The van der Waals surface area contributed by atoms with Crippen molar-refractivity contribution in [2.75, 3.05) is 26.7 Å². The lowest BCUT2D eigenvalue weighted by Gasteiger charge is -2.28. The van der Waals surface area contributed by atoms with Crippen LogP contribution in [0.4, 0.5) is 0 Å². The van der Waals surface area contributed by atoms with Crippen LogP contribution in [0, 0.1) is 5.92 Å². The number of halogens is 1. The Morgan fingerprint density at radius 3 is 2.89 bits per heavy atom. The lowest BCUT2D eigenvalue weighted by molar-refractivity contribution is 0.0943. The van der Waals surface area contributed by atoms with Crippen molar-refractivity contribution in [3.8, 4) is 0 Å². The van der Waals surface area contributed by atoms with Gasteiger partial charge in [-0.3, -0.25) is 9.78 Å². The highest BCUT2D eigenvalue weighted by atomic mass is 35.5. The molecule has 1 fully saturated rings. The lowest BCUT2D eigenvalue weighted by Crippen LogP contribution is -2.33. The first-order valence-electron chi connectivity index (χ1n) is 6.59. The molecule has 0 bridgehead atoms. The van der Waals surface area contributed by atoms with Gasteiger partial charge in [0, 0.05) is 6.54 Å². The zero-order valence-electron chi connectivity index (χ0n) is 11.1. The van der Waals surface area contributed by atoms with Crippen LogP contribution in [0.2, 0.25) is 5.15 Å². The molecule has 6 heteroatoms. The van der Waals surface area contributed by atoms with Crippen LogP contribution in [0.3, 0.4) is 0 Å². The van der Waals surface area contributed by atoms with Crippen molar-refractivity contribution < 1.29 is 4.79 Å². The Hall–Kier alpha value is -1.20. The van der Waals surface area contributed by atoms with Gasteiger partial charge in [-0.05, 0) is 45.3 Å². The minimum atomic E-state index is -0.206. The lowest BCUT2D eigenvalue weighted by atomic mass is 9.94. The number of nitrogens with zero attached hydrogens (tertiary/aromatic N) is 3. The van der Waals surface area contributed by atoms with Crippen molar-refractivity contribution in [2.45, 2.75) is 19.3 Å². The highest BCUT2D eigenvalue weighted by Crippen LogP contribution is 2.18. The number of carbonyl (C=O) groups excluding carboxylic acids is 1. The number of hydrogen-bond acceptors (Lipinski definition) is 4. The van der Waals surface area contributed by atoms with Gasteiger partial charge in [-0.25, -0.2) is 4.98 Å². The Morgan fingerprint density at radius 2 is 2.21 bits per heavy atom. The molecule has 0 spiro atoms. The molecule has 104 valence electrons. The van der Waals surface area contributed by atoms with E-state index in [9.17, 15) is 4.79 Å². The van der Waals surface area contributed by atoms with Gasteiger partial charge >= 0.3 is 0 Å². The molecule has 2 rings (SSSR count). The number of likely N-dealkylation sites (tertiary alicyclic amines) is 1. The molecular weight excluding hydrogens is 264 g/mol. The summed E-state index contributed by atoms with van der Waals surface area (Å²) in [4.78, 5) is 21.9. The second-order valence-electron chi connectivity index (χ2n) is 5.02. The number of nitrogens with one attached hydrogen (secondary N) is 1. The number of rotatable bonds is 4. The predicted molar refractivity (Wildman–Crippen MR) is 74.2 cm³/mol. The van der Waals surface area contributed by atoms with Crippen molar-refractivity contribution in [3.63, 3.8) is 0 Å². The summed E-state index contributed by atoms with van der Waals surface area (Å²) < 4.78 is 0. The number of amides is 1. The molecule has 0 atom stereocenters. The molecule has 0 saturated carbocycles. The van der Waals surface area contributed by atoms with Gasteiger partial charge in [-0.2, -0.15) is 0 Å². The Bertz CT molecular complexity index is 432. The Balaban J connectivity index is 1.72. The summed E-state index contributed by atoms with van der Waals surface area (Å²) in [6.45, 7) is 2.98. The van der Waals surface area contributed by atoms with Gasteiger partial charge < -0.3 is 10.2 Å². The van der Waals surface area contributed by atoms with Crippen LogP contribution in [0.25, 0.3) is 0 Å². The Kier molecular flexibility index (Phi) is 5.10. The van der Waals surface area contributed by atoms with Crippen molar-refractivity contribution >= 4 is 17.5 Å². The van der Waals surface area contributed by atoms with E-state index in [-0.39, 0.29) is 16.8 Å². The highest BCUT2D eigenvalue weighted by molar-refractivity contribution is 6.29. The van der Waals surface area contributed by atoms with Crippen molar-refractivity contribution in [1.82, 2.24) is 20.2 Å². The van der Waals surface area contributed by atoms with Gasteiger partial charge in [-0.1, -0.05) is 11.6 Å². The molecule has 1 aromatic rings.